The summed E-state index contributed by atoms with van der Waals surface area (Å²) in [6.07, 6.45) is 3.37. The third-order valence-electron chi connectivity index (χ3n) is 5.61. The van der Waals surface area contributed by atoms with Crippen LogP contribution in [0.25, 0.3) is 16.2 Å². The van der Waals surface area contributed by atoms with Crippen molar-refractivity contribution >= 4 is 27.9 Å². The standard InChI is InChI=1S/C23H21N3OS/c1-15-7-8-18(11-16(15)2)20-13-26-19(14-28-23(26)24-20)12-22(27)25-10-9-17-5-3-4-6-21(17)25/h3-8,11,13-14H,9-10,12H2,1-2H3. The van der Waals surface area contributed by atoms with E-state index in [1.807, 2.05) is 28.5 Å². The molecule has 0 spiro atoms. The van der Waals surface area contributed by atoms with Crippen LogP contribution in [-0.2, 0) is 17.6 Å². The molecule has 1 aliphatic rings. The van der Waals surface area contributed by atoms with Gasteiger partial charge in [-0.2, -0.15) is 0 Å². The van der Waals surface area contributed by atoms with Crippen LogP contribution in [0.1, 0.15) is 22.4 Å². The highest BCUT2D eigenvalue weighted by Gasteiger charge is 2.25. The maximum absolute atomic E-state index is 13.0. The summed E-state index contributed by atoms with van der Waals surface area (Å²) in [6.45, 7) is 5.00. The van der Waals surface area contributed by atoms with Gasteiger partial charge in [-0.05, 0) is 49.1 Å². The molecule has 0 radical (unpaired) electrons. The normalized spacial score (nSPS) is 13.3. The van der Waals surface area contributed by atoms with Gasteiger partial charge in [0.2, 0.25) is 5.91 Å². The molecule has 0 saturated heterocycles. The molecule has 5 rings (SSSR count). The number of thiazole rings is 1. The van der Waals surface area contributed by atoms with E-state index in [-0.39, 0.29) is 5.91 Å². The quantitative estimate of drug-likeness (QED) is 0.506. The van der Waals surface area contributed by atoms with E-state index in [1.54, 1.807) is 11.3 Å². The van der Waals surface area contributed by atoms with Crippen LogP contribution < -0.4 is 4.90 Å². The van der Waals surface area contributed by atoms with Gasteiger partial charge >= 0.3 is 0 Å². The van der Waals surface area contributed by atoms with Crippen molar-refractivity contribution in [2.24, 2.45) is 0 Å². The fourth-order valence-corrected chi connectivity index (χ4v) is 4.72. The molecule has 0 atom stereocenters. The average molecular weight is 388 g/mol. The Morgan fingerprint density at radius 2 is 2.00 bits per heavy atom. The van der Waals surface area contributed by atoms with Gasteiger partial charge in [-0.25, -0.2) is 4.98 Å². The number of aryl methyl sites for hydroxylation is 2. The zero-order valence-electron chi connectivity index (χ0n) is 16.0. The fourth-order valence-electron chi connectivity index (χ4n) is 3.84. The number of carbonyl (C=O) groups is 1. The van der Waals surface area contributed by atoms with Gasteiger partial charge in [0.05, 0.1) is 12.1 Å². The summed E-state index contributed by atoms with van der Waals surface area (Å²) in [4.78, 5) is 20.6. The number of benzene rings is 2. The molecule has 0 fully saturated rings. The SMILES string of the molecule is Cc1ccc(-c2cn3c(CC(=O)N4CCc5ccccc54)csc3n2)cc1C. The number of nitrogens with zero attached hydrogens (tertiary/aromatic N) is 3. The molecule has 0 unspecified atom stereocenters. The molecule has 4 nitrogen and oxygen atoms in total. The van der Waals surface area contributed by atoms with Crippen molar-refractivity contribution in [1.29, 1.82) is 0 Å². The van der Waals surface area contributed by atoms with E-state index in [2.05, 4.69) is 48.7 Å². The number of hydrogen-bond acceptors (Lipinski definition) is 3. The Balaban J connectivity index is 1.43. The molecule has 0 aliphatic carbocycles. The van der Waals surface area contributed by atoms with Crippen molar-refractivity contribution in [3.05, 3.63) is 76.4 Å². The highest BCUT2D eigenvalue weighted by atomic mass is 32.1. The van der Waals surface area contributed by atoms with Gasteiger partial charge in [0, 0.05) is 35.1 Å². The lowest BCUT2D eigenvalue weighted by molar-refractivity contribution is -0.117. The van der Waals surface area contributed by atoms with Crippen molar-refractivity contribution in [3.63, 3.8) is 0 Å². The first-order valence-electron chi connectivity index (χ1n) is 9.51. The van der Waals surface area contributed by atoms with E-state index in [9.17, 15) is 4.79 Å². The van der Waals surface area contributed by atoms with Crippen LogP contribution in [-0.4, -0.2) is 21.8 Å². The molecule has 0 N–H and O–H groups in total. The first kappa shape index (κ1) is 17.2. The molecule has 4 aromatic rings. The van der Waals surface area contributed by atoms with Gasteiger partial charge in [-0.3, -0.25) is 9.20 Å². The fraction of sp³-hybridized carbons (Fsp3) is 0.217. The highest BCUT2D eigenvalue weighted by Crippen LogP contribution is 2.29. The Kier molecular flexibility index (Phi) is 4.05. The van der Waals surface area contributed by atoms with Gasteiger partial charge in [-0.1, -0.05) is 30.3 Å². The lowest BCUT2D eigenvalue weighted by atomic mass is 10.0. The van der Waals surface area contributed by atoms with Crippen LogP contribution in [0.15, 0.2) is 54.0 Å². The minimum atomic E-state index is 0.145. The Hall–Kier alpha value is -2.92. The topological polar surface area (TPSA) is 37.6 Å². The molecule has 2 aromatic heterocycles. The first-order chi connectivity index (χ1) is 13.6. The number of aromatic nitrogens is 2. The van der Waals surface area contributed by atoms with Gasteiger partial charge < -0.3 is 4.90 Å². The number of anilines is 1. The number of fused-ring (bicyclic) bond motifs is 2. The predicted molar refractivity (Wildman–Crippen MR) is 114 cm³/mol. The van der Waals surface area contributed by atoms with Gasteiger partial charge in [0.15, 0.2) is 4.96 Å². The molecule has 28 heavy (non-hydrogen) atoms. The minimum Gasteiger partial charge on any atom is -0.311 e. The van der Waals surface area contributed by atoms with Crippen LogP contribution >= 0.6 is 11.3 Å². The van der Waals surface area contributed by atoms with Crippen molar-refractivity contribution < 1.29 is 4.79 Å². The lowest BCUT2D eigenvalue weighted by Gasteiger charge is -2.17. The van der Waals surface area contributed by atoms with Crippen molar-refractivity contribution in [2.45, 2.75) is 26.7 Å². The zero-order valence-corrected chi connectivity index (χ0v) is 16.8. The van der Waals surface area contributed by atoms with Crippen molar-refractivity contribution in [2.75, 3.05) is 11.4 Å². The summed E-state index contributed by atoms with van der Waals surface area (Å²) in [7, 11) is 0. The maximum Gasteiger partial charge on any atom is 0.232 e. The van der Waals surface area contributed by atoms with Gasteiger partial charge in [0.1, 0.15) is 0 Å². The number of carbonyl (C=O) groups excluding carboxylic acids is 1. The predicted octanol–water partition coefficient (Wildman–Crippen LogP) is 4.81. The molecule has 5 heteroatoms. The minimum absolute atomic E-state index is 0.145. The average Bonchev–Trinajstić information content (AvgIpc) is 3.39. The summed E-state index contributed by atoms with van der Waals surface area (Å²) < 4.78 is 2.06. The van der Waals surface area contributed by atoms with Crippen LogP contribution in [0.5, 0.6) is 0 Å². The second kappa shape index (κ2) is 6.60. The highest BCUT2D eigenvalue weighted by molar-refractivity contribution is 7.15. The van der Waals surface area contributed by atoms with Crippen molar-refractivity contribution in [1.82, 2.24) is 9.38 Å². The van der Waals surface area contributed by atoms with Crippen LogP contribution in [0.3, 0.4) is 0 Å². The van der Waals surface area contributed by atoms with Crippen LogP contribution in [0.2, 0.25) is 0 Å². The third kappa shape index (κ3) is 2.83. The van der Waals surface area contributed by atoms with Gasteiger partial charge in [-0.15, -0.1) is 11.3 Å². The first-order valence-corrected chi connectivity index (χ1v) is 10.4. The number of hydrogen-bond donors (Lipinski definition) is 0. The summed E-state index contributed by atoms with van der Waals surface area (Å²) in [5.41, 5.74) is 7.92. The summed E-state index contributed by atoms with van der Waals surface area (Å²) in [5.74, 6) is 0.145. The zero-order chi connectivity index (χ0) is 19.3. The molecule has 3 heterocycles. The Bertz CT molecular complexity index is 1200. The molecule has 2 aromatic carbocycles. The molecule has 1 amide bonds. The smallest absolute Gasteiger partial charge is 0.232 e. The Morgan fingerprint density at radius 3 is 2.86 bits per heavy atom. The van der Waals surface area contributed by atoms with E-state index in [0.717, 1.165) is 40.6 Å². The van der Waals surface area contributed by atoms with E-state index in [4.69, 9.17) is 4.98 Å². The number of para-hydroxylation sites is 1. The Labute approximate surface area is 168 Å². The Morgan fingerprint density at radius 1 is 1.14 bits per heavy atom. The molecule has 1 aliphatic heterocycles. The largest absolute Gasteiger partial charge is 0.311 e. The lowest BCUT2D eigenvalue weighted by Crippen LogP contribution is -2.30. The van der Waals surface area contributed by atoms with Crippen molar-refractivity contribution in [3.8, 4) is 11.3 Å². The maximum atomic E-state index is 13.0. The summed E-state index contributed by atoms with van der Waals surface area (Å²) in [6, 6.07) is 14.6. The monoisotopic (exact) mass is 387 g/mol. The summed E-state index contributed by atoms with van der Waals surface area (Å²) in [5, 5.41) is 2.05. The number of amides is 1. The van der Waals surface area contributed by atoms with E-state index in [1.165, 1.54) is 16.7 Å². The van der Waals surface area contributed by atoms with Gasteiger partial charge in [0.25, 0.3) is 0 Å². The third-order valence-corrected chi connectivity index (χ3v) is 6.50. The summed E-state index contributed by atoms with van der Waals surface area (Å²) >= 11 is 1.59. The van der Waals surface area contributed by atoms with E-state index >= 15 is 0 Å². The molecule has 0 saturated carbocycles. The van der Waals surface area contributed by atoms with Crippen LogP contribution in [0, 0.1) is 13.8 Å². The second-order valence-electron chi connectivity index (χ2n) is 7.41. The second-order valence-corrected chi connectivity index (χ2v) is 8.24. The molecular formula is C23H21N3OS. The van der Waals surface area contributed by atoms with Crippen LogP contribution in [0.4, 0.5) is 5.69 Å². The molecule has 0 bridgehead atoms. The molecule has 140 valence electrons. The molecular weight excluding hydrogens is 366 g/mol. The number of rotatable bonds is 3. The van der Waals surface area contributed by atoms with E-state index in [0.29, 0.717) is 6.42 Å². The van der Waals surface area contributed by atoms with E-state index < -0.39 is 0 Å². The number of imidazole rings is 1.